The van der Waals surface area contributed by atoms with Gasteiger partial charge in [-0.25, -0.2) is 4.98 Å². The molecule has 0 bridgehead atoms. The summed E-state index contributed by atoms with van der Waals surface area (Å²) in [6.45, 7) is 2.53. The van der Waals surface area contributed by atoms with Gasteiger partial charge >= 0.3 is 0 Å². The topological polar surface area (TPSA) is 47.4 Å². The zero-order valence-electron chi connectivity index (χ0n) is 12.7. The van der Waals surface area contributed by atoms with Crippen molar-refractivity contribution in [2.75, 3.05) is 19.7 Å². The van der Waals surface area contributed by atoms with E-state index in [-0.39, 0.29) is 11.5 Å². The smallest absolute Gasteiger partial charge is 0.242 e. The molecule has 0 unspecified atom stereocenters. The van der Waals surface area contributed by atoms with Crippen LogP contribution in [-0.4, -0.2) is 45.7 Å². The highest BCUT2D eigenvalue weighted by Gasteiger charge is 2.40. The van der Waals surface area contributed by atoms with Crippen LogP contribution in [0.15, 0.2) is 30.6 Å². The van der Waals surface area contributed by atoms with E-state index in [9.17, 15) is 4.79 Å². The number of para-hydroxylation sites is 2. The molecule has 1 aliphatic carbocycles. The number of benzene rings is 1. The number of fused-ring (bicyclic) bond motifs is 1. The number of nitrogens with zero attached hydrogens (tertiary/aromatic N) is 3. The number of carbonyl (C=O) groups excluding carboxylic acids is 1. The van der Waals surface area contributed by atoms with Crippen molar-refractivity contribution in [2.24, 2.45) is 0 Å². The van der Waals surface area contributed by atoms with Crippen LogP contribution in [0, 0.1) is 0 Å². The number of carbonyl (C=O) groups is 1. The van der Waals surface area contributed by atoms with Crippen molar-refractivity contribution < 1.29 is 9.53 Å². The average Bonchev–Trinajstić information content (AvgIpc) is 2.76. The molecule has 1 aliphatic heterocycles. The first-order valence-electron chi connectivity index (χ1n) is 8.07. The van der Waals surface area contributed by atoms with Crippen molar-refractivity contribution in [3.63, 3.8) is 0 Å². The normalized spacial score (nSPS) is 20.8. The Bertz CT molecular complexity index is 690. The van der Waals surface area contributed by atoms with E-state index >= 15 is 0 Å². The maximum absolute atomic E-state index is 12.6. The van der Waals surface area contributed by atoms with Gasteiger partial charge in [-0.3, -0.25) is 4.79 Å². The van der Waals surface area contributed by atoms with E-state index in [4.69, 9.17) is 4.74 Å². The summed E-state index contributed by atoms with van der Waals surface area (Å²) >= 11 is 0. The van der Waals surface area contributed by atoms with Crippen LogP contribution in [0.25, 0.3) is 11.0 Å². The second kappa shape index (κ2) is 5.39. The van der Waals surface area contributed by atoms with Crippen LogP contribution in [0.5, 0.6) is 0 Å². The van der Waals surface area contributed by atoms with Crippen molar-refractivity contribution in [1.82, 2.24) is 14.5 Å². The van der Waals surface area contributed by atoms with Gasteiger partial charge in [0.25, 0.3) is 0 Å². The van der Waals surface area contributed by atoms with E-state index < -0.39 is 0 Å². The zero-order valence-corrected chi connectivity index (χ0v) is 12.7. The second-order valence-corrected chi connectivity index (χ2v) is 6.38. The van der Waals surface area contributed by atoms with Gasteiger partial charge in [0.05, 0.1) is 29.6 Å². The van der Waals surface area contributed by atoms with Gasteiger partial charge in [-0.15, -0.1) is 0 Å². The third-order valence-electron chi connectivity index (χ3n) is 5.06. The molecule has 5 heteroatoms. The van der Waals surface area contributed by atoms with Crippen LogP contribution in [0.1, 0.15) is 25.7 Å². The summed E-state index contributed by atoms with van der Waals surface area (Å²) in [4.78, 5) is 18.9. The van der Waals surface area contributed by atoms with E-state index in [0.717, 1.165) is 36.8 Å². The monoisotopic (exact) mass is 299 g/mol. The highest BCUT2D eigenvalue weighted by molar-refractivity contribution is 5.80. The first-order valence-corrected chi connectivity index (χ1v) is 8.07. The zero-order chi connectivity index (χ0) is 15.0. The summed E-state index contributed by atoms with van der Waals surface area (Å²) in [5, 5.41) is 0. The fourth-order valence-electron chi connectivity index (χ4n) is 3.49. The van der Waals surface area contributed by atoms with Gasteiger partial charge in [0, 0.05) is 13.1 Å². The van der Waals surface area contributed by atoms with E-state index in [1.807, 2.05) is 33.7 Å². The summed E-state index contributed by atoms with van der Waals surface area (Å²) in [6.07, 6.45) is 6.30. The highest BCUT2D eigenvalue weighted by atomic mass is 16.5. The van der Waals surface area contributed by atoms with Gasteiger partial charge in [-0.1, -0.05) is 12.1 Å². The highest BCUT2D eigenvalue weighted by Crippen LogP contribution is 2.39. The molecule has 0 atom stereocenters. The quantitative estimate of drug-likeness (QED) is 0.854. The van der Waals surface area contributed by atoms with E-state index in [1.54, 1.807) is 6.33 Å². The Labute approximate surface area is 129 Å². The Morgan fingerprint density at radius 2 is 2.09 bits per heavy atom. The average molecular weight is 299 g/mol. The van der Waals surface area contributed by atoms with Crippen molar-refractivity contribution in [3.8, 4) is 0 Å². The molecule has 2 fully saturated rings. The third-order valence-corrected chi connectivity index (χ3v) is 5.06. The van der Waals surface area contributed by atoms with Crippen LogP contribution in [0.3, 0.4) is 0 Å². The number of amides is 1. The molecule has 5 nitrogen and oxygen atoms in total. The lowest BCUT2D eigenvalue weighted by molar-refractivity contribution is -0.131. The van der Waals surface area contributed by atoms with Gasteiger partial charge < -0.3 is 14.2 Å². The predicted octanol–water partition coefficient (Wildman–Crippen LogP) is 2.21. The molecular weight excluding hydrogens is 278 g/mol. The molecule has 0 radical (unpaired) electrons. The van der Waals surface area contributed by atoms with Gasteiger partial charge in [0.15, 0.2) is 0 Å². The van der Waals surface area contributed by atoms with Crippen molar-refractivity contribution >= 4 is 16.9 Å². The molecule has 116 valence electrons. The van der Waals surface area contributed by atoms with Crippen LogP contribution in [-0.2, 0) is 16.1 Å². The molecular formula is C17H21N3O2. The van der Waals surface area contributed by atoms with E-state index in [2.05, 4.69) is 4.98 Å². The summed E-state index contributed by atoms with van der Waals surface area (Å²) in [5.74, 6) is 0.156. The molecule has 1 amide bonds. The minimum absolute atomic E-state index is 0.0801. The van der Waals surface area contributed by atoms with Crippen molar-refractivity contribution in [1.29, 1.82) is 0 Å². The van der Waals surface area contributed by atoms with Gasteiger partial charge in [-0.05, 0) is 37.8 Å². The Kier molecular flexibility index (Phi) is 3.37. The molecule has 4 rings (SSSR count). The maximum atomic E-state index is 12.6. The Balaban J connectivity index is 1.45. The number of rotatable bonds is 2. The van der Waals surface area contributed by atoms with Gasteiger partial charge in [0.2, 0.25) is 5.91 Å². The number of imidazole rings is 1. The number of ether oxygens (including phenoxy) is 1. The number of aromatic nitrogens is 2. The third kappa shape index (κ3) is 2.39. The van der Waals surface area contributed by atoms with E-state index in [1.165, 1.54) is 6.42 Å². The summed E-state index contributed by atoms with van der Waals surface area (Å²) in [7, 11) is 0. The number of hydrogen-bond donors (Lipinski definition) is 0. The molecule has 2 aromatic rings. The molecule has 22 heavy (non-hydrogen) atoms. The molecule has 1 saturated carbocycles. The fraction of sp³-hybridized carbons (Fsp3) is 0.529. The van der Waals surface area contributed by atoms with Crippen molar-refractivity contribution in [2.45, 2.75) is 37.8 Å². The minimum Gasteiger partial charge on any atom is -0.373 e. The molecule has 1 saturated heterocycles. The lowest BCUT2D eigenvalue weighted by atomic mass is 9.77. The molecule has 1 aromatic carbocycles. The summed E-state index contributed by atoms with van der Waals surface area (Å²) in [6, 6.07) is 7.91. The van der Waals surface area contributed by atoms with Crippen LogP contribution >= 0.6 is 0 Å². The fourth-order valence-corrected chi connectivity index (χ4v) is 3.49. The lowest BCUT2D eigenvalue weighted by Crippen LogP contribution is -2.41. The standard InChI is InChI=1S/C17H21N3O2/c21-16(12-20-13-18-14-4-1-2-5-15(14)20)19-9-8-17(6-3-7-17)22-11-10-19/h1-2,4-5,13H,3,6-12H2. The summed E-state index contributed by atoms with van der Waals surface area (Å²) in [5.41, 5.74) is 2.02. The Morgan fingerprint density at radius 3 is 2.91 bits per heavy atom. The second-order valence-electron chi connectivity index (χ2n) is 6.38. The molecule has 0 N–H and O–H groups in total. The first-order chi connectivity index (χ1) is 10.8. The molecule has 1 aromatic heterocycles. The lowest BCUT2D eigenvalue weighted by Gasteiger charge is -2.40. The van der Waals surface area contributed by atoms with Gasteiger partial charge in [-0.2, -0.15) is 0 Å². The SMILES string of the molecule is O=C(Cn1cnc2ccccc21)N1CCOC2(CCC2)CC1. The number of hydrogen-bond acceptors (Lipinski definition) is 3. The predicted molar refractivity (Wildman–Crippen MR) is 83.5 cm³/mol. The molecule has 1 spiro atoms. The van der Waals surface area contributed by atoms with Crippen LogP contribution in [0.2, 0.25) is 0 Å². The summed E-state index contributed by atoms with van der Waals surface area (Å²) < 4.78 is 7.93. The minimum atomic E-state index is 0.0801. The van der Waals surface area contributed by atoms with Crippen molar-refractivity contribution in [3.05, 3.63) is 30.6 Å². The van der Waals surface area contributed by atoms with Gasteiger partial charge in [0.1, 0.15) is 6.54 Å². The van der Waals surface area contributed by atoms with E-state index in [0.29, 0.717) is 19.7 Å². The Hall–Kier alpha value is -1.88. The Morgan fingerprint density at radius 1 is 1.23 bits per heavy atom. The van der Waals surface area contributed by atoms with Crippen LogP contribution < -0.4 is 0 Å². The molecule has 2 aliphatic rings. The molecule has 2 heterocycles. The first kappa shape index (κ1) is 13.8. The maximum Gasteiger partial charge on any atom is 0.242 e. The van der Waals surface area contributed by atoms with Crippen LogP contribution in [0.4, 0.5) is 0 Å². The largest absolute Gasteiger partial charge is 0.373 e.